The molecule has 0 aromatic heterocycles. The van der Waals surface area contributed by atoms with Crippen LogP contribution < -0.4 is 0 Å². The number of ether oxygens (including phenoxy) is 1. The van der Waals surface area contributed by atoms with E-state index in [0.717, 1.165) is 0 Å². The van der Waals surface area contributed by atoms with Gasteiger partial charge >= 0.3 is 59.8 Å². The quantitative estimate of drug-likeness (QED) is 0.120. The van der Waals surface area contributed by atoms with E-state index in [0.29, 0.717) is 0 Å². The summed E-state index contributed by atoms with van der Waals surface area (Å²) in [7, 11) is 0. The van der Waals surface area contributed by atoms with E-state index in [1.54, 1.807) is 0 Å². The van der Waals surface area contributed by atoms with Crippen LogP contribution >= 0.6 is 46.4 Å². The molecule has 0 atom stereocenters. The van der Waals surface area contributed by atoms with Gasteiger partial charge in [0.05, 0.1) is 31.2 Å². The maximum Gasteiger partial charge on any atom is 0.473 e. The topological polar surface area (TPSA) is 63.6 Å². The summed E-state index contributed by atoms with van der Waals surface area (Å²) in [6, 6.07) is 0. The number of carboxylic acid groups (broad SMARTS) is 1. The normalized spacial score (nSPS) is 14.8. The van der Waals surface area contributed by atoms with Gasteiger partial charge in [0.2, 0.25) is 0 Å². The van der Waals surface area contributed by atoms with Crippen molar-refractivity contribution in [3.63, 3.8) is 0 Å². The van der Waals surface area contributed by atoms with Gasteiger partial charge in [-0.25, -0.2) is 9.59 Å². The fourth-order valence-corrected chi connectivity index (χ4v) is 3.42. The second-order valence-corrected chi connectivity index (χ2v) is 8.67. The number of benzene rings is 1. The van der Waals surface area contributed by atoms with E-state index in [-0.39, 0.29) is 0 Å². The summed E-state index contributed by atoms with van der Waals surface area (Å²) < 4.78 is 229. The van der Waals surface area contributed by atoms with Gasteiger partial charge in [0.1, 0.15) is 0 Å². The summed E-state index contributed by atoms with van der Waals surface area (Å²) in [5.74, 6) is -58.0. The lowest BCUT2D eigenvalue weighted by molar-refractivity contribution is -0.473. The molecule has 0 amide bonds. The number of carbonyl (C=O) groups excluding carboxylic acids is 1. The summed E-state index contributed by atoms with van der Waals surface area (Å²) >= 11 is 21.4. The molecule has 25 heteroatoms. The molecule has 0 aliphatic heterocycles. The molecule has 4 nitrogen and oxygen atoms in total. The molecule has 0 radical (unpaired) electrons. The molecule has 0 saturated carbocycles. The predicted octanol–water partition coefficient (Wildman–Crippen LogP) is 9.12. The first-order chi connectivity index (χ1) is 17.7. The lowest BCUT2D eigenvalue weighted by Crippen LogP contribution is -2.74. The molecular weight excluding hydrogens is 721 g/mol. The van der Waals surface area contributed by atoms with Crippen LogP contribution in [0.2, 0.25) is 20.1 Å². The van der Waals surface area contributed by atoms with Crippen molar-refractivity contribution < 1.29 is 94.1 Å². The van der Waals surface area contributed by atoms with Gasteiger partial charge in [-0.15, -0.1) is 0 Å². The Morgan fingerprint density at radius 1 is 0.488 bits per heavy atom. The number of esters is 1. The molecule has 1 aromatic carbocycles. The maximum atomic E-state index is 14.0. The van der Waals surface area contributed by atoms with E-state index in [9.17, 15) is 84.2 Å². The van der Waals surface area contributed by atoms with E-state index in [1.165, 1.54) is 0 Å². The molecule has 1 aromatic rings. The fourth-order valence-electron chi connectivity index (χ4n) is 2.41. The Bertz CT molecular complexity index is 1250. The van der Waals surface area contributed by atoms with Crippen molar-refractivity contribution in [3.05, 3.63) is 31.2 Å². The molecule has 0 heterocycles. The van der Waals surface area contributed by atoms with E-state index < -0.39 is 91.0 Å². The van der Waals surface area contributed by atoms with Crippen molar-refractivity contribution >= 4 is 58.3 Å². The van der Waals surface area contributed by atoms with Crippen LogP contribution in [0, 0.1) is 0 Å². The molecule has 0 saturated heterocycles. The van der Waals surface area contributed by atoms with Crippen LogP contribution in [0.3, 0.4) is 0 Å². The van der Waals surface area contributed by atoms with Crippen LogP contribution in [0.25, 0.3) is 0 Å². The smallest absolute Gasteiger partial charge is 0.473 e. The Morgan fingerprint density at radius 3 is 1.10 bits per heavy atom. The van der Waals surface area contributed by atoms with Gasteiger partial charge in [-0.05, 0) is 0 Å². The van der Waals surface area contributed by atoms with Gasteiger partial charge < -0.3 is 9.84 Å². The highest BCUT2D eigenvalue weighted by Crippen LogP contribution is 2.64. The average molecular weight is 722 g/mol. The Kier molecular flexibility index (Phi) is 9.42. The third kappa shape index (κ3) is 5.17. The van der Waals surface area contributed by atoms with Crippen molar-refractivity contribution in [2.45, 2.75) is 47.8 Å². The highest BCUT2D eigenvalue weighted by molar-refractivity contribution is 6.54. The molecule has 0 unspecified atom stereocenters. The molecule has 0 spiro atoms. The number of aromatic carboxylic acids is 1. The summed E-state index contributed by atoms with van der Waals surface area (Å²) in [5.41, 5.74) is -4.03. The van der Waals surface area contributed by atoms with Crippen molar-refractivity contribution in [3.8, 4) is 0 Å². The first-order valence-electron chi connectivity index (χ1n) is 8.76. The monoisotopic (exact) mass is 720 g/mol. The van der Waals surface area contributed by atoms with Crippen LogP contribution in [0.1, 0.15) is 20.7 Å². The molecule has 236 valence electrons. The first kappa shape index (κ1) is 37.2. The van der Waals surface area contributed by atoms with Gasteiger partial charge in [-0.1, -0.05) is 46.4 Å². The third-order valence-corrected chi connectivity index (χ3v) is 6.40. The Labute approximate surface area is 231 Å². The number of carbonyl (C=O) groups is 2. The summed E-state index contributed by atoms with van der Waals surface area (Å²) in [5, 5.41) is 3.62. The van der Waals surface area contributed by atoms with Crippen molar-refractivity contribution in [1.82, 2.24) is 0 Å². The van der Waals surface area contributed by atoms with Crippen LogP contribution in [0.15, 0.2) is 0 Å². The number of hydrogen-bond acceptors (Lipinski definition) is 3. The van der Waals surface area contributed by atoms with Crippen LogP contribution in [-0.2, 0) is 4.74 Å². The molecular formula is C16HCl4F17O4. The molecule has 0 aliphatic carbocycles. The SMILES string of the molecule is O=C(O)c1c(Cl)c(Cl)c(Cl)c(Cl)c1C(=O)OC(F)(F)C(F)(F)C(F)(F)C(F)(F)C(F)(F)C(F)(F)C(F)(F)C(F)(F)F. The van der Waals surface area contributed by atoms with Crippen LogP contribution in [0.4, 0.5) is 74.6 Å². The molecule has 1 rings (SSSR count). The van der Waals surface area contributed by atoms with E-state index in [2.05, 4.69) is 4.74 Å². The lowest BCUT2D eigenvalue weighted by atomic mass is 9.90. The molecule has 0 bridgehead atoms. The summed E-state index contributed by atoms with van der Waals surface area (Å²) in [4.78, 5) is 23.2. The highest BCUT2D eigenvalue weighted by atomic mass is 35.5. The zero-order chi connectivity index (χ0) is 33.3. The van der Waals surface area contributed by atoms with Gasteiger partial charge in [-0.3, -0.25) is 0 Å². The number of alkyl halides is 17. The van der Waals surface area contributed by atoms with Gasteiger partial charge in [0, 0.05) is 0 Å². The Balaban J connectivity index is 3.78. The van der Waals surface area contributed by atoms with Crippen molar-refractivity contribution in [1.29, 1.82) is 0 Å². The van der Waals surface area contributed by atoms with Crippen LogP contribution in [0.5, 0.6) is 0 Å². The zero-order valence-electron chi connectivity index (χ0n) is 17.6. The minimum Gasteiger partial charge on any atom is -0.478 e. The molecule has 1 N–H and O–H groups in total. The van der Waals surface area contributed by atoms with E-state index in [1.807, 2.05) is 0 Å². The second kappa shape index (κ2) is 10.4. The Hall–Kier alpha value is -1.87. The minimum absolute atomic E-state index is 1.09. The van der Waals surface area contributed by atoms with E-state index >= 15 is 0 Å². The minimum atomic E-state index is -8.94. The average Bonchev–Trinajstić information content (AvgIpc) is 2.77. The third-order valence-electron chi connectivity index (χ3n) is 4.60. The van der Waals surface area contributed by atoms with Crippen LogP contribution in [-0.4, -0.2) is 64.9 Å². The number of carboxylic acids is 1. The second-order valence-electron chi connectivity index (χ2n) is 7.16. The largest absolute Gasteiger partial charge is 0.478 e. The lowest BCUT2D eigenvalue weighted by Gasteiger charge is -2.42. The Morgan fingerprint density at radius 2 is 0.780 bits per heavy atom. The first-order valence-corrected chi connectivity index (χ1v) is 10.3. The maximum absolute atomic E-state index is 14.0. The van der Waals surface area contributed by atoms with Crippen molar-refractivity contribution in [2.24, 2.45) is 0 Å². The zero-order valence-corrected chi connectivity index (χ0v) is 20.6. The van der Waals surface area contributed by atoms with Gasteiger partial charge in [0.15, 0.2) is 0 Å². The summed E-state index contributed by atoms with van der Waals surface area (Å²) in [6.07, 6.45) is -15.6. The van der Waals surface area contributed by atoms with E-state index in [4.69, 9.17) is 51.5 Å². The highest BCUT2D eigenvalue weighted by Gasteiger charge is 2.96. The predicted molar refractivity (Wildman–Crippen MR) is 99.5 cm³/mol. The molecule has 41 heavy (non-hydrogen) atoms. The standard InChI is InChI=1S/C16HCl4F17O4/c17-3-1(7(38)39)2(4(18)6(20)5(3)19)8(40)41-16(36,37)14(31,32)12(27,28)10(23,24)9(21,22)11(25,26)13(29,30)15(33,34)35/h(H,38,39). The molecule has 0 fully saturated rings. The number of rotatable bonds is 9. The molecule has 0 aliphatic rings. The van der Waals surface area contributed by atoms with Gasteiger partial charge in [-0.2, -0.15) is 74.6 Å². The van der Waals surface area contributed by atoms with Crippen molar-refractivity contribution in [2.75, 3.05) is 0 Å². The fraction of sp³-hybridized carbons (Fsp3) is 0.500. The number of hydrogen-bond donors (Lipinski definition) is 1. The summed E-state index contributed by atoms with van der Waals surface area (Å²) in [6.45, 7) is 0. The number of halogens is 21. The van der Waals surface area contributed by atoms with Gasteiger partial charge in [0.25, 0.3) is 0 Å².